The Bertz CT molecular complexity index is 1270. The Kier molecular flexibility index (Phi) is 7.91. The molecule has 0 fully saturated rings. The SMILES string of the molecule is CC(C)c1nc2c(c(-c3ccc(F)cc3)c1C=C[C@@H](O)C[C@@H](O)CC(=O)O)CCCc1cccnc1-2. The van der Waals surface area contributed by atoms with Crippen molar-refractivity contribution in [1.82, 2.24) is 9.97 Å². The number of aliphatic hydroxyl groups is 2. The number of halogens is 1. The number of rotatable bonds is 8. The van der Waals surface area contributed by atoms with Crippen LogP contribution in [-0.2, 0) is 17.6 Å². The van der Waals surface area contributed by atoms with E-state index in [2.05, 4.69) is 11.1 Å². The Hall–Kier alpha value is -3.42. The minimum absolute atomic E-state index is 0.0410. The predicted octanol–water partition coefficient (Wildman–Crippen LogP) is 5.16. The molecule has 0 unspecified atom stereocenters. The molecule has 0 radical (unpaired) electrons. The third kappa shape index (κ3) is 5.69. The highest BCUT2D eigenvalue weighted by Crippen LogP contribution is 2.41. The number of carboxylic acids is 1. The van der Waals surface area contributed by atoms with Crippen molar-refractivity contribution in [2.24, 2.45) is 0 Å². The molecule has 2 aromatic heterocycles. The first-order valence-corrected chi connectivity index (χ1v) is 12.3. The second-order valence-electron chi connectivity index (χ2n) is 9.55. The van der Waals surface area contributed by atoms with E-state index in [0.717, 1.165) is 64.2 Å². The molecule has 0 saturated heterocycles. The van der Waals surface area contributed by atoms with Gasteiger partial charge in [-0.3, -0.25) is 9.78 Å². The first-order chi connectivity index (χ1) is 17.2. The minimum Gasteiger partial charge on any atom is -0.481 e. The standard InChI is InChI=1S/C29H31FN2O4/c1-17(2)27-24(13-12-21(33)15-22(34)16-25(35)36)26(18-8-10-20(30)11-9-18)23-7-3-5-19-6-4-14-31-28(19)29(23)32-27/h4,6,8-14,17,21-22,33-34H,3,5,7,15-16H2,1-2H3,(H,35,36)/t21-,22-/m1/s1. The molecule has 3 aromatic rings. The van der Waals surface area contributed by atoms with E-state index in [9.17, 15) is 19.4 Å². The molecule has 4 rings (SSSR count). The first kappa shape index (κ1) is 25.7. The number of hydrogen-bond donors (Lipinski definition) is 3. The van der Waals surface area contributed by atoms with Crippen molar-refractivity contribution in [3.8, 4) is 22.5 Å². The van der Waals surface area contributed by atoms with Crippen LogP contribution in [-0.4, -0.2) is 43.5 Å². The molecule has 0 bridgehead atoms. The van der Waals surface area contributed by atoms with E-state index in [1.165, 1.54) is 12.1 Å². The summed E-state index contributed by atoms with van der Waals surface area (Å²) in [5, 5.41) is 29.3. The van der Waals surface area contributed by atoms with Crippen molar-refractivity contribution in [2.45, 2.75) is 64.1 Å². The number of fused-ring (bicyclic) bond motifs is 3. The normalized spacial score (nSPS) is 14.8. The summed E-state index contributed by atoms with van der Waals surface area (Å²) in [5.74, 6) is -1.41. The molecule has 0 amide bonds. The van der Waals surface area contributed by atoms with E-state index in [1.54, 1.807) is 30.5 Å². The maximum atomic E-state index is 13.8. The molecule has 6 nitrogen and oxygen atoms in total. The molecule has 188 valence electrons. The van der Waals surface area contributed by atoms with Crippen LogP contribution in [0.25, 0.3) is 28.6 Å². The maximum absolute atomic E-state index is 13.8. The summed E-state index contributed by atoms with van der Waals surface area (Å²) in [6, 6.07) is 10.4. The van der Waals surface area contributed by atoms with E-state index >= 15 is 0 Å². The van der Waals surface area contributed by atoms with Gasteiger partial charge in [0, 0.05) is 18.2 Å². The van der Waals surface area contributed by atoms with Crippen LogP contribution >= 0.6 is 0 Å². The number of aliphatic carboxylic acids is 1. The Morgan fingerprint density at radius 1 is 1.11 bits per heavy atom. The van der Waals surface area contributed by atoms with Crippen molar-refractivity contribution >= 4 is 12.0 Å². The second kappa shape index (κ2) is 11.1. The van der Waals surface area contributed by atoms with Gasteiger partial charge in [0.1, 0.15) is 5.82 Å². The summed E-state index contributed by atoms with van der Waals surface area (Å²) in [4.78, 5) is 20.6. The van der Waals surface area contributed by atoms with Crippen LogP contribution in [0.2, 0.25) is 0 Å². The number of aryl methyl sites for hydroxylation is 1. The fourth-order valence-corrected chi connectivity index (χ4v) is 4.81. The maximum Gasteiger partial charge on any atom is 0.305 e. The number of pyridine rings is 2. The lowest BCUT2D eigenvalue weighted by atomic mass is 9.87. The number of aromatic nitrogens is 2. The molecular formula is C29H31FN2O4. The summed E-state index contributed by atoms with van der Waals surface area (Å²) in [5.41, 5.74) is 7.29. The number of aliphatic hydroxyl groups excluding tert-OH is 2. The third-order valence-electron chi connectivity index (χ3n) is 6.44. The number of nitrogens with zero attached hydrogens (tertiary/aromatic N) is 2. The van der Waals surface area contributed by atoms with Gasteiger partial charge < -0.3 is 15.3 Å². The van der Waals surface area contributed by atoms with Crippen LogP contribution in [0, 0.1) is 5.82 Å². The number of carboxylic acid groups (broad SMARTS) is 1. The van der Waals surface area contributed by atoms with Crippen LogP contribution in [0.5, 0.6) is 0 Å². The summed E-state index contributed by atoms with van der Waals surface area (Å²) < 4.78 is 13.8. The predicted molar refractivity (Wildman–Crippen MR) is 137 cm³/mol. The molecule has 7 heteroatoms. The molecule has 0 spiro atoms. The molecular weight excluding hydrogens is 459 g/mol. The fourth-order valence-electron chi connectivity index (χ4n) is 4.81. The molecule has 1 aliphatic carbocycles. The van der Waals surface area contributed by atoms with Crippen LogP contribution in [0.4, 0.5) is 4.39 Å². The van der Waals surface area contributed by atoms with Gasteiger partial charge in [0.25, 0.3) is 0 Å². The van der Waals surface area contributed by atoms with Crippen LogP contribution in [0.3, 0.4) is 0 Å². The van der Waals surface area contributed by atoms with Crippen LogP contribution in [0.1, 0.15) is 61.4 Å². The quantitative estimate of drug-likeness (QED) is 0.403. The van der Waals surface area contributed by atoms with E-state index in [4.69, 9.17) is 10.1 Å². The van der Waals surface area contributed by atoms with Crippen molar-refractivity contribution in [3.63, 3.8) is 0 Å². The smallest absolute Gasteiger partial charge is 0.305 e. The Labute approximate surface area is 210 Å². The Morgan fingerprint density at radius 3 is 2.56 bits per heavy atom. The minimum atomic E-state index is -1.16. The molecule has 2 atom stereocenters. The number of carbonyl (C=O) groups is 1. The highest BCUT2D eigenvalue weighted by atomic mass is 19.1. The zero-order valence-electron chi connectivity index (χ0n) is 20.5. The molecule has 2 heterocycles. The lowest BCUT2D eigenvalue weighted by Gasteiger charge is -2.22. The van der Waals surface area contributed by atoms with Gasteiger partial charge in [-0.15, -0.1) is 0 Å². The third-order valence-corrected chi connectivity index (χ3v) is 6.44. The summed E-state index contributed by atoms with van der Waals surface area (Å²) >= 11 is 0. The lowest BCUT2D eigenvalue weighted by Crippen LogP contribution is -2.19. The molecule has 3 N–H and O–H groups in total. The number of hydrogen-bond acceptors (Lipinski definition) is 5. The van der Waals surface area contributed by atoms with Gasteiger partial charge in [-0.25, -0.2) is 9.37 Å². The van der Waals surface area contributed by atoms with Crippen LogP contribution in [0.15, 0.2) is 48.7 Å². The molecule has 36 heavy (non-hydrogen) atoms. The largest absolute Gasteiger partial charge is 0.481 e. The zero-order chi connectivity index (χ0) is 25.8. The molecule has 0 saturated carbocycles. The average molecular weight is 491 g/mol. The topological polar surface area (TPSA) is 104 Å². The molecule has 1 aliphatic rings. The van der Waals surface area contributed by atoms with Gasteiger partial charge >= 0.3 is 5.97 Å². The van der Waals surface area contributed by atoms with Crippen molar-refractivity contribution in [3.05, 3.63) is 76.9 Å². The van der Waals surface area contributed by atoms with Gasteiger partial charge in [-0.1, -0.05) is 44.2 Å². The lowest BCUT2D eigenvalue weighted by molar-refractivity contribution is -0.139. The van der Waals surface area contributed by atoms with Crippen LogP contribution < -0.4 is 0 Å². The summed E-state index contributed by atoms with van der Waals surface area (Å²) in [6.45, 7) is 4.09. The summed E-state index contributed by atoms with van der Waals surface area (Å²) in [7, 11) is 0. The van der Waals surface area contributed by atoms with Gasteiger partial charge in [0.15, 0.2) is 0 Å². The summed E-state index contributed by atoms with van der Waals surface area (Å²) in [6.07, 6.45) is 4.97. The van der Waals surface area contributed by atoms with Crippen molar-refractivity contribution in [1.29, 1.82) is 0 Å². The highest BCUT2D eigenvalue weighted by molar-refractivity contribution is 5.85. The molecule has 1 aromatic carbocycles. The zero-order valence-corrected chi connectivity index (χ0v) is 20.5. The van der Waals surface area contributed by atoms with Gasteiger partial charge in [-0.05, 0) is 65.6 Å². The first-order valence-electron chi connectivity index (χ1n) is 12.3. The van der Waals surface area contributed by atoms with Crippen molar-refractivity contribution < 1.29 is 24.5 Å². The monoisotopic (exact) mass is 490 g/mol. The number of benzene rings is 1. The molecule has 0 aliphatic heterocycles. The highest BCUT2D eigenvalue weighted by Gasteiger charge is 2.26. The van der Waals surface area contributed by atoms with E-state index < -0.39 is 24.6 Å². The Balaban J connectivity index is 1.90. The van der Waals surface area contributed by atoms with Gasteiger partial charge in [0.05, 0.1) is 35.7 Å². The van der Waals surface area contributed by atoms with E-state index in [0.29, 0.717) is 0 Å². The Morgan fingerprint density at radius 2 is 1.86 bits per heavy atom. The van der Waals surface area contributed by atoms with E-state index in [-0.39, 0.29) is 18.2 Å². The van der Waals surface area contributed by atoms with Gasteiger partial charge in [-0.2, -0.15) is 0 Å². The average Bonchev–Trinajstić information content (AvgIpc) is 3.01. The second-order valence-corrected chi connectivity index (χ2v) is 9.55. The van der Waals surface area contributed by atoms with Crippen molar-refractivity contribution in [2.75, 3.05) is 0 Å². The van der Waals surface area contributed by atoms with E-state index in [1.807, 2.05) is 19.9 Å². The van der Waals surface area contributed by atoms with Gasteiger partial charge in [0.2, 0.25) is 0 Å². The fraction of sp³-hybridized carbons (Fsp3) is 0.345.